The average molecular weight is 283 g/mol. The summed E-state index contributed by atoms with van der Waals surface area (Å²) in [5.74, 6) is 0. The minimum absolute atomic E-state index is 0.133. The van der Waals surface area contributed by atoms with E-state index in [1.54, 1.807) is 0 Å². The van der Waals surface area contributed by atoms with Crippen LogP contribution in [0, 0.1) is 5.41 Å². The van der Waals surface area contributed by atoms with Crippen molar-refractivity contribution in [2.75, 3.05) is 14.1 Å². The average Bonchev–Trinajstić information content (AvgIpc) is 2.48. The normalized spacial score (nSPS) is 15.0. The van der Waals surface area contributed by atoms with E-state index in [1.807, 2.05) is 36.4 Å². The molecule has 0 aliphatic carbocycles. The molecule has 0 amide bonds. The molecule has 2 heteroatoms. The maximum Gasteiger partial charge on any atom is 0.0859 e. The molecule has 0 aliphatic rings. The molecule has 2 nitrogen and oxygen atoms in total. The van der Waals surface area contributed by atoms with Crippen LogP contribution in [-0.2, 0) is 0 Å². The van der Waals surface area contributed by atoms with E-state index in [0.29, 0.717) is 0 Å². The monoisotopic (exact) mass is 283 g/mol. The SMILES string of the molecule is CN(C)[C@H](c1ccccc1)C(C)(C)[C@@H](O)c1ccccc1. The summed E-state index contributed by atoms with van der Waals surface area (Å²) in [6.45, 7) is 4.25. The molecule has 0 aliphatic heterocycles. The molecule has 0 radical (unpaired) electrons. The Morgan fingerprint density at radius 2 is 1.24 bits per heavy atom. The van der Waals surface area contributed by atoms with Gasteiger partial charge in [-0.05, 0) is 25.2 Å². The lowest BCUT2D eigenvalue weighted by Crippen LogP contribution is -2.38. The van der Waals surface area contributed by atoms with E-state index in [2.05, 4.69) is 57.1 Å². The van der Waals surface area contributed by atoms with Gasteiger partial charge in [-0.25, -0.2) is 0 Å². The first-order valence-corrected chi connectivity index (χ1v) is 7.39. The maximum atomic E-state index is 10.9. The third kappa shape index (κ3) is 3.34. The largest absolute Gasteiger partial charge is 0.388 e. The van der Waals surface area contributed by atoms with Gasteiger partial charge in [0.05, 0.1) is 6.10 Å². The summed E-state index contributed by atoms with van der Waals surface area (Å²) in [5.41, 5.74) is 1.87. The van der Waals surface area contributed by atoms with Crippen LogP contribution in [-0.4, -0.2) is 24.1 Å². The summed E-state index contributed by atoms with van der Waals surface area (Å²) in [5, 5.41) is 10.9. The highest BCUT2D eigenvalue weighted by Crippen LogP contribution is 2.46. The van der Waals surface area contributed by atoms with Crippen molar-refractivity contribution in [2.45, 2.75) is 26.0 Å². The Bertz CT molecular complexity index is 548. The molecule has 0 unspecified atom stereocenters. The van der Waals surface area contributed by atoms with Crippen molar-refractivity contribution in [3.8, 4) is 0 Å². The minimum atomic E-state index is -0.522. The van der Waals surface area contributed by atoms with E-state index in [4.69, 9.17) is 0 Å². The summed E-state index contributed by atoms with van der Waals surface area (Å²) in [7, 11) is 4.13. The van der Waals surface area contributed by atoms with Gasteiger partial charge < -0.3 is 10.0 Å². The van der Waals surface area contributed by atoms with Gasteiger partial charge in [0.1, 0.15) is 0 Å². The van der Waals surface area contributed by atoms with Gasteiger partial charge in [-0.2, -0.15) is 0 Å². The molecule has 0 saturated heterocycles. The van der Waals surface area contributed by atoms with Crippen molar-refractivity contribution < 1.29 is 5.11 Å². The zero-order valence-electron chi connectivity index (χ0n) is 13.3. The van der Waals surface area contributed by atoms with E-state index in [9.17, 15) is 5.11 Å². The minimum Gasteiger partial charge on any atom is -0.388 e. The van der Waals surface area contributed by atoms with E-state index in [0.717, 1.165) is 5.56 Å². The van der Waals surface area contributed by atoms with Crippen LogP contribution in [0.4, 0.5) is 0 Å². The highest BCUT2D eigenvalue weighted by atomic mass is 16.3. The Morgan fingerprint density at radius 1 is 0.810 bits per heavy atom. The van der Waals surface area contributed by atoms with E-state index in [-0.39, 0.29) is 11.5 Å². The Morgan fingerprint density at radius 3 is 1.67 bits per heavy atom. The highest BCUT2D eigenvalue weighted by Gasteiger charge is 2.39. The maximum absolute atomic E-state index is 10.9. The quantitative estimate of drug-likeness (QED) is 0.895. The lowest BCUT2D eigenvalue weighted by molar-refractivity contribution is -0.0116. The fourth-order valence-electron chi connectivity index (χ4n) is 3.24. The van der Waals surface area contributed by atoms with Gasteiger partial charge in [-0.1, -0.05) is 74.5 Å². The second kappa shape index (κ2) is 6.42. The highest BCUT2D eigenvalue weighted by molar-refractivity contribution is 5.25. The molecule has 2 atom stereocenters. The van der Waals surface area contributed by atoms with E-state index >= 15 is 0 Å². The summed E-state index contributed by atoms with van der Waals surface area (Å²) < 4.78 is 0. The third-order valence-corrected chi connectivity index (χ3v) is 4.16. The van der Waals surface area contributed by atoms with Crippen LogP contribution in [0.2, 0.25) is 0 Å². The second-order valence-electron chi connectivity index (χ2n) is 6.41. The van der Waals surface area contributed by atoms with Crippen LogP contribution < -0.4 is 0 Å². The molecule has 112 valence electrons. The number of nitrogens with zero attached hydrogens (tertiary/aromatic N) is 1. The third-order valence-electron chi connectivity index (χ3n) is 4.16. The molecule has 1 N–H and O–H groups in total. The summed E-state index contributed by atoms with van der Waals surface area (Å²) in [6.07, 6.45) is -0.522. The van der Waals surface area contributed by atoms with Crippen molar-refractivity contribution in [3.63, 3.8) is 0 Å². The summed E-state index contributed by atoms with van der Waals surface area (Å²) >= 11 is 0. The topological polar surface area (TPSA) is 23.5 Å². The summed E-state index contributed by atoms with van der Waals surface area (Å²) in [6, 6.07) is 20.4. The number of hydrogen-bond acceptors (Lipinski definition) is 2. The van der Waals surface area contributed by atoms with Gasteiger partial charge in [0.15, 0.2) is 0 Å². The fourth-order valence-corrected chi connectivity index (χ4v) is 3.24. The lowest BCUT2D eigenvalue weighted by Gasteiger charge is -2.42. The number of rotatable bonds is 5. The number of hydrogen-bond donors (Lipinski definition) is 1. The van der Waals surface area contributed by atoms with Gasteiger partial charge in [-0.15, -0.1) is 0 Å². The Balaban J connectivity index is 2.39. The van der Waals surface area contributed by atoms with Gasteiger partial charge >= 0.3 is 0 Å². The van der Waals surface area contributed by atoms with Crippen LogP contribution in [0.5, 0.6) is 0 Å². The molecule has 0 spiro atoms. The molecule has 0 bridgehead atoms. The first kappa shape index (κ1) is 15.7. The molecule has 2 rings (SSSR count). The Labute approximate surface area is 128 Å². The van der Waals surface area contributed by atoms with Crippen molar-refractivity contribution >= 4 is 0 Å². The summed E-state index contributed by atoms with van der Waals surface area (Å²) in [4.78, 5) is 2.18. The molecule has 21 heavy (non-hydrogen) atoms. The first-order chi connectivity index (χ1) is 9.94. The van der Waals surface area contributed by atoms with Crippen molar-refractivity contribution in [3.05, 3.63) is 71.8 Å². The van der Waals surface area contributed by atoms with Gasteiger partial charge in [0.2, 0.25) is 0 Å². The van der Waals surface area contributed by atoms with Crippen LogP contribution in [0.25, 0.3) is 0 Å². The molecular weight excluding hydrogens is 258 g/mol. The van der Waals surface area contributed by atoms with Crippen molar-refractivity contribution in [2.24, 2.45) is 5.41 Å². The molecule has 2 aromatic rings. The van der Waals surface area contributed by atoms with Gasteiger partial charge in [0, 0.05) is 11.5 Å². The fraction of sp³-hybridized carbons (Fsp3) is 0.368. The molecule has 0 saturated carbocycles. The first-order valence-electron chi connectivity index (χ1n) is 7.39. The van der Waals surface area contributed by atoms with Crippen LogP contribution >= 0.6 is 0 Å². The van der Waals surface area contributed by atoms with E-state index in [1.165, 1.54) is 5.56 Å². The molecule has 2 aromatic carbocycles. The van der Waals surface area contributed by atoms with Crippen LogP contribution in [0.1, 0.15) is 37.1 Å². The number of aliphatic hydroxyl groups excluding tert-OH is 1. The predicted molar refractivity (Wildman–Crippen MR) is 88.1 cm³/mol. The molecule has 0 fully saturated rings. The van der Waals surface area contributed by atoms with Crippen LogP contribution in [0.15, 0.2) is 60.7 Å². The molecular formula is C19H25NO. The van der Waals surface area contributed by atoms with Crippen molar-refractivity contribution in [1.29, 1.82) is 0 Å². The Hall–Kier alpha value is -1.64. The smallest absolute Gasteiger partial charge is 0.0859 e. The molecule has 0 aromatic heterocycles. The molecule has 0 heterocycles. The van der Waals surface area contributed by atoms with E-state index < -0.39 is 6.10 Å². The second-order valence-corrected chi connectivity index (χ2v) is 6.41. The standard InChI is InChI=1S/C19H25NO/c1-19(2,18(21)16-13-9-6-10-14-16)17(20(3)4)15-11-7-5-8-12-15/h5-14,17-18,21H,1-4H3/t17-,18+/m1/s1. The number of aliphatic hydroxyl groups is 1. The predicted octanol–water partition coefficient (Wildman–Crippen LogP) is 4.05. The number of benzene rings is 2. The van der Waals surface area contributed by atoms with Gasteiger partial charge in [0.25, 0.3) is 0 Å². The Kier molecular flexibility index (Phi) is 4.81. The van der Waals surface area contributed by atoms with Gasteiger partial charge in [-0.3, -0.25) is 0 Å². The van der Waals surface area contributed by atoms with Crippen LogP contribution in [0.3, 0.4) is 0 Å². The zero-order chi connectivity index (χ0) is 15.5. The zero-order valence-corrected chi connectivity index (χ0v) is 13.3. The van der Waals surface area contributed by atoms with Crippen molar-refractivity contribution in [1.82, 2.24) is 4.90 Å². The lowest BCUT2D eigenvalue weighted by atomic mass is 9.73.